The van der Waals surface area contributed by atoms with Gasteiger partial charge in [0, 0.05) is 0 Å². The quantitative estimate of drug-likeness (QED) is 0.269. The zero-order valence-corrected chi connectivity index (χ0v) is 25.5. The topological polar surface area (TPSA) is 127 Å². The van der Waals surface area contributed by atoms with Crippen molar-refractivity contribution in [2.24, 2.45) is 11.5 Å². The molecule has 0 radical (unpaired) electrons. The van der Waals surface area contributed by atoms with Crippen LogP contribution in [0, 0.1) is 13.8 Å². The number of hydrogen-bond acceptors (Lipinski definition) is 6. The molecule has 0 amide bonds. The number of rotatable bonds is 8. The second-order valence-electron chi connectivity index (χ2n) is 9.35. The van der Waals surface area contributed by atoms with Crippen molar-refractivity contribution in [3.8, 4) is 0 Å². The normalized spacial score (nSPS) is 11.6. The first-order valence-corrected chi connectivity index (χ1v) is 16.0. The molecule has 0 saturated heterocycles. The summed E-state index contributed by atoms with van der Waals surface area (Å²) in [6, 6.07) is 26.5. The SMILES string of the molecule is Cc1ccc(S(=O)(=O)N(C(N)=S)c2ccc(Cc3ccc(N(C(N)=S)S(=O)(=O)c4ccc(C)cc4)cc3)cc2)cc1. The van der Waals surface area contributed by atoms with Crippen LogP contribution in [0.15, 0.2) is 107 Å². The Morgan fingerprint density at radius 3 is 1.12 bits per heavy atom. The molecule has 0 aliphatic rings. The summed E-state index contributed by atoms with van der Waals surface area (Å²) in [7, 11) is -8.01. The number of nitrogens with two attached hydrogens (primary N) is 2. The molecule has 0 heterocycles. The van der Waals surface area contributed by atoms with Crippen LogP contribution in [0.2, 0.25) is 0 Å². The van der Waals surface area contributed by atoms with Crippen LogP contribution < -0.4 is 20.1 Å². The van der Waals surface area contributed by atoms with E-state index in [1.807, 2.05) is 13.8 Å². The van der Waals surface area contributed by atoms with Gasteiger partial charge in [-0.3, -0.25) is 0 Å². The second-order valence-corrected chi connectivity index (χ2v) is 13.8. The van der Waals surface area contributed by atoms with E-state index in [0.717, 1.165) is 30.9 Å². The molecule has 4 aromatic rings. The average Bonchev–Trinajstić information content (AvgIpc) is 2.91. The Bertz CT molecular complexity index is 1650. The van der Waals surface area contributed by atoms with Crippen molar-refractivity contribution in [3.05, 3.63) is 119 Å². The van der Waals surface area contributed by atoms with Crippen molar-refractivity contribution < 1.29 is 16.8 Å². The molecule has 4 rings (SSSR count). The molecule has 0 fully saturated rings. The van der Waals surface area contributed by atoms with Crippen LogP contribution in [0.3, 0.4) is 0 Å². The van der Waals surface area contributed by atoms with Gasteiger partial charge in [0.25, 0.3) is 20.0 Å². The monoisotopic (exact) mass is 624 g/mol. The van der Waals surface area contributed by atoms with Gasteiger partial charge in [-0.1, -0.05) is 59.7 Å². The zero-order chi connectivity index (χ0) is 29.9. The maximum atomic E-state index is 13.3. The van der Waals surface area contributed by atoms with E-state index in [4.69, 9.17) is 35.9 Å². The minimum atomic E-state index is -4.00. The van der Waals surface area contributed by atoms with Gasteiger partial charge in [0.1, 0.15) is 0 Å². The molecule has 212 valence electrons. The molecule has 0 aliphatic heterocycles. The molecule has 8 nitrogen and oxygen atoms in total. The van der Waals surface area contributed by atoms with Crippen LogP contribution in [0.4, 0.5) is 11.4 Å². The lowest BCUT2D eigenvalue weighted by molar-refractivity contribution is 0.595. The Hall–Kier alpha value is -3.84. The lowest BCUT2D eigenvalue weighted by atomic mass is 10.0. The van der Waals surface area contributed by atoms with Crippen LogP contribution in [-0.2, 0) is 26.5 Å². The number of anilines is 2. The predicted octanol–water partition coefficient (Wildman–Crippen LogP) is 4.77. The van der Waals surface area contributed by atoms with Crippen molar-refractivity contribution in [2.45, 2.75) is 30.1 Å². The highest BCUT2D eigenvalue weighted by Crippen LogP contribution is 2.27. The molecular formula is C29H28N4O4S4. The fourth-order valence-electron chi connectivity index (χ4n) is 4.13. The van der Waals surface area contributed by atoms with E-state index < -0.39 is 20.0 Å². The van der Waals surface area contributed by atoms with Gasteiger partial charge < -0.3 is 11.5 Å². The Kier molecular flexibility index (Phi) is 8.78. The van der Waals surface area contributed by atoms with Crippen molar-refractivity contribution in [1.29, 1.82) is 0 Å². The van der Waals surface area contributed by atoms with Crippen LogP contribution in [0.5, 0.6) is 0 Å². The first kappa shape index (κ1) is 30.1. The minimum Gasteiger partial charge on any atom is -0.375 e. The number of hydrogen-bond donors (Lipinski definition) is 2. The van der Waals surface area contributed by atoms with Crippen LogP contribution in [0.25, 0.3) is 0 Å². The predicted molar refractivity (Wildman–Crippen MR) is 171 cm³/mol. The van der Waals surface area contributed by atoms with E-state index in [1.165, 1.54) is 24.3 Å². The molecular weight excluding hydrogens is 597 g/mol. The van der Waals surface area contributed by atoms with Gasteiger partial charge in [0.05, 0.1) is 21.2 Å². The van der Waals surface area contributed by atoms with E-state index in [-0.39, 0.29) is 20.0 Å². The Labute approximate surface area is 251 Å². The summed E-state index contributed by atoms with van der Waals surface area (Å²) in [5, 5.41) is -0.589. The van der Waals surface area contributed by atoms with Crippen LogP contribution >= 0.6 is 24.4 Å². The third kappa shape index (κ3) is 6.57. The number of thiocarbonyl (C=S) groups is 2. The number of sulfonamides is 2. The number of benzene rings is 4. The third-order valence-corrected chi connectivity index (χ3v) is 10.4. The highest BCUT2D eigenvalue weighted by atomic mass is 32.2. The summed E-state index contributed by atoms with van der Waals surface area (Å²) in [5.41, 5.74) is 15.9. The summed E-state index contributed by atoms with van der Waals surface area (Å²) in [6.45, 7) is 3.73. The average molecular weight is 625 g/mol. The summed E-state index contributed by atoms with van der Waals surface area (Å²) in [5.74, 6) is 0. The van der Waals surface area contributed by atoms with Crippen LogP contribution in [0.1, 0.15) is 22.3 Å². The van der Waals surface area contributed by atoms with Crippen molar-refractivity contribution in [1.82, 2.24) is 0 Å². The van der Waals surface area contributed by atoms with E-state index in [1.54, 1.807) is 72.8 Å². The third-order valence-electron chi connectivity index (χ3n) is 6.27. The summed E-state index contributed by atoms with van der Waals surface area (Å²) < 4.78 is 54.9. The molecule has 0 unspecified atom stereocenters. The van der Waals surface area contributed by atoms with E-state index in [9.17, 15) is 16.8 Å². The maximum absolute atomic E-state index is 13.3. The van der Waals surface area contributed by atoms with Crippen molar-refractivity contribution in [2.75, 3.05) is 8.61 Å². The van der Waals surface area contributed by atoms with Gasteiger partial charge in [0.2, 0.25) is 0 Å². The van der Waals surface area contributed by atoms with Crippen molar-refractivity contribution in [3.63, 3.8) is 0 Å². The molecule has 41 heavy (non-hydrogen) atoms. The Morgan fingerprint density at radius 1 is 0.561 bits per heavy atom. The largest absolute Gasteiger partial charge is 0.375 e. The Balaban J connectivity index is 1.55. The number of aryl methyl sites for hydroxylation is 2. The van der Waals surface area contributed by atoms with Gasteiger partial charge in [-0.15, -0.1) is 0 Å². The number of nitrogens with zero attached hydrogens (tertiary/aromatic N) is 2. The van der Waals surface area contributed by atoms with Gasteiger partial charge in [-0.05, 0) is 104 Å². The van der Waals surface area contributed by atoms with Gasteiger partial charge in [0.15, 0.2) is 10.2 Å². The van der Waals surface area contributed by atoms with Gasteiger partial charge in [-0.25, -0.2) is 25.4 Å². The molecule has 0 aliphatic carbocycles. The molecule has 4 N–H and O–H groups in total. The van der Waals surface area contributed by atoms with Crippen molar-refractivity contribution >= 4 is 66.1 Å². The first-order valence-electron chi connectivity index (χ1n) is 12.3. The molecule has 0 aromatic heterocycles. The van der Waals surface area contributed by atoms with E-state index in [2.05, 4.69) is 0 Å². The first-order chi connectivity index (χ1) is 19.3. The lowest BCUT2D eigenvalue weighted by Crippen LogP contribution is -2.40. The fraction of sp³-hybridized carbons (Fsp3) is 0.103. The second kappa shape index (κ2) is 12.0. The molecule has 0 saturated carbocycles. The molecule has 4 aromatic carbocycles. The summed E-state index contributed by atoms with van der Waals surface area (Å²) in [4.78, 5) is 0.158. The standard InChI is InChI=1S/C29H28N4O4S4/c1-20-3-15-26(16-4-20)40(34,35)32(28(30)38)24-11-7-22(8-12-24)19-23-9-13-25(14-10-23)33(29(31)39)41(36,37)27-17-5-21(2)6-18-27/h3-18H,19H2,1-2H3,(H2,30,38)(H2,31,39). The van der Waals surface area contributed by atoms with Gasteiger partial charge >= 0.3 is 0 Å². The molecule has 12 heteroatoms. The zero-order valence-electron chi connectivity index (χ0n) is 22.3. The minimum absolute atomic E-state index is 0.0791. The fourth-order valence-corrected chi connectivity index (χ4v) is 7.59. The molecule has 0 atom stereocenters. The smallest absolute Gasteiger partial charge is 0.270 e. The lowest BCUT2D eigenvalue weighted by Gasteiger charge is -2.23. The summed E-state index contributed by atoms with van der Waals surface area (Å²) in [6.07, 6.45) is 0.496. The molecule has 0 bridgehead atoms. The molecule has 0 spiro atoms. The maximum Gasteiger partial charge on any atom is 0.270 e. The van der Waals surface area contributed by atoms with Crippen LogP contribution in [-0.4, -0.2) is 27.1 Å². The highest BCUT2D eigenvalue weighted by Gasteiger charge is 2.28. The van der Waals surface area contributed by atoms with E-state index >= 15 is 0 Å². The Morgan fingerprint density at radius 2 is 0.854 bits per heavy atom. The van der Waals surface area contributed by atoms with Gasteiger partial charge in [-0.2, -0.15) is 0 Å². The van der Waals surface area contributed by atoms with E-state index in [0.29, 0.717) is 17.8 Å². The summed E-state index contributed by atoms with van der Waals surface area (Å²) >= 11 is 10.2. The highest BCUT2D eigenvalue weighted by molar-refractivity contribution is 7.96.